The zero-order chi connectivity index (χ0) is 19.1. The van der Waals surface area contributed by atoms with Crippen molar-refractivity contribution in [3.8, 4) is 5.75 Å². The van der Waals surface area contributed by atoms with Crippen LogP contribution in [0.5, 0.6) is 5.75 Å². The summed E-state index contributed by atoms with van der Waals surface area (Å²) in [6, 6.07) is 8.60. The Balaban J connectivity index is 2.02. The van der Waals surface area contributed by atoms with Crippen LogP contribution in [0.1, 0.15) is 16.5 Å². The Morgan fingerprint density at radius 1 is 1.23 bits per heavy atom. The number of methoxy groups -OCH3 is 1. The van der Waals surface area contributed by atoms with E-state index < -0.39 is 10.0 Å². The molecule has 1 aliphatic heterocycles. The van der Waals surface area contributed by atoms with E-state index in [-0.39, 0.29) is 15.3 Å². The molecule has 0 saturated carbocycles. The van der Waals surface area contributed by atoms with E-state index in [1.165, 1.54) is 16.4 Å². The number of aryl methyl sites for hydroxylation is 1. The predicted molar refractivity (Wildman–Crippen MR) is 111 cm³/mol. The third-order valence-electron chi connectivity index (χ3n) is 4.11. The minimum absolute atomic E-state index is 0.0844. The van der Waals surface area contributed by atoms with Gasteiger partial charge in [0.2, 0.25) is 10.0 Å². The normalized spacial score (nSPS) is 18.3. The molecule has 0 aliphatic carbocycles. The van der Waals surface area contributed by atoms with E-state index in [0.29, 0.717) is 28.6 Å². The first-order chi connectivity index (χ1) is 12.3. The fraction of sp³-hybridized carbons (Fsp3) is 0.294. The van der Waals surface area contributed by atoms with Crippen LogP contribution in [0.15, 0.2) is 39.7 Å². The van der Waals surface area contributed by atoms with Gasteiger partial charge in [0.25, 0.3) is 0 Å². The van der Waals surface area contributed by atoms with Crippen LogP contribution in [-0.2, 0) is 10.0 Å². The number of rotatable bonds is 4. The SMILES string of the molecule is COc1ccc(C2SCCN2S(=O)(=O)c2cc(C)c(Cl)cc2Cl)cc1Br. The summed E-state index contributed by atoms with van der Waals surface area (Å²) < 4.78 is 34.0. The summed E-state index contributed by atoms with van der Waals surface area (Å²) >= 11 is 17.3. The van der Waals surface area contributed by atoms with Crippen molar-refractivity contribution in [2.24, 2.45) is 0 Å². The number of halogens is 3. The molecule has 1 heterocycles. The third kappa shape index (κ3) is 3.75. The molecule has 1 unspecified atom stereocenters. The average molecular weight is 497 g/mol. The largest absolute Gasteiger partial charge is 0.496 e. The number of sulfonamides is 1. The topological polar surface area (TPSA) is 46.6 Å². The summed E-state index contributed by atoms with van der Waals surface area (Å²) in [6.45, 7) is 2.17. The van der Waals surface area contributed by atoms with Crippen molar-refractivity contribution in [3.63, 3.8) is 0 Å². The molecular formula is C17H16BrCl2NO3S2. The summed E-state index contributed by atoms with van der Waals surface area (Å²) in [4.78, 5) is 0.0844. The fourth-order valence-electron chi connectivity index (χ4n) is 2.75. The Morgan fingerprint density at radius 2 is 1.96 bits per heavy atom. The molecule has 2 aromatic rings. The number of nitrogens with zero attached hydrogens (tertiary/aromatic N) is 1. The molecule has 2 aromatic carbocycles. The summed E-state index contributed by atoms with van der Waals surface area (Å²) in [7, 11) is -2.17. The molecule has 1 saturated heterocycles. The Kier molecular flexibility index (Phi) is 6.16. The van der Waals surface area contributed by atoms with Gasteiger partial charge in [-0.2, -0.15) is 4.31 Å². The Hall–Kier alpha value is -0.440. The van der Waals surface area contributed by atoms with E-state index in [1.54, 1.807) is 25.8 Å². The van der Waals surface area contributed by atoms with Crippen LogP contribution in [0.2, 0.25) is 10.0 Å². The Morgan fingerprint density at radius 3 is 2.62 bits per heavy atom. The molecule has 9 heteroatoms. The van der Waals surface area contributed by atoms with Gasteiger partial charge in [0.1, 0.15) is 10.6 Å². The molecule has 0 amide bonds. The molecule has 3 rings (SSSR count). The van der Waals surface area contributed by atoms with Crippen molar-refractivity contribution in [3.05, 3.63) is 56.0 Å². The van der Waals surface area contributed by atoms with Crippen molar-refractivity contribution in [2.75, 3.05) is 19.4 Å². The highest BCUT2D eigenvalue weighted by Gasteiger charge is 2.38. The highest BCUT2D eigenvalue weighted by molar-refractivity contribution is 9.10. The number of ether oxygens (including phenoxy) is 1. The quantitative estimate of drug-likeness (QED) is 0.559. The maximum absolute atomic E-state index is 13.3. The van der Waals surface area contributed by atoms with Crippen LogP contribution in [-0.4, -0.2) is 32.1 Å². The standard InChI is InChI=1S/C17H16BrCl2NO3S2/c1-10-7-16(14(20)9-13(10)19)26(22,23)21-5-6-25-17(21)11-3-4-15(24-2)12(18)8-11/h3-4,7-9,17H,5-6H2,1-2H3. The van der Waals surface area contributed by atoms with Crippen molar-refractivity contribution < 1.29 is 13.2 Å². The molecule has 0 N–H and O–H groups in total. The maximum atomic E-state index is 13.3. The highest BCUT2D eigenvalue weighted by atomic mass is 79.9. The monoisotopic (exact) mass is 495 g/mol. The molecule has 1 fully saturated rings. The van der Waals surface area contributed by atoms with Gasteiger partial charge in [0, 0.05) is 17.3 Å². The lowest BCUT2D eigenvalue weighted by Crippen LogP contribution is -2.30. The van der Waals surface area contributed by atoms with E-state index in [4.69, 9.17) is 27.9 Å². The van der Waals surface area contributed by atoms with E-state index in [0.717, 1.165) is 10.0 Å². The van der Waals surface area contributed by atoms with E-state index in [9.17, 15) is 8.42 Å². The molecule has 26 heavy (non-hydrogen) atoms. The second-order valence-corrected chi connectivity index (χ2v) is 10.5. The molecule has 0 bridgehead atoms. The van der Waals surface area contributed by atoms with Crippen molar-refractivity contribution in [2.45, 2.75) is 17.2 Å². The second kappa shape index (κ2) is 7.89. The van der Waals surface area contributed by atoms with Gasteiger partial charge in [-0.25, -0.2) is 8.42 Å². The smallest absolute Gasteiger partial charge is 0.245 e. The molecule has 0 aromatic heterocycles. The summed E-state index contributed by atoms with van der Waals surface area (Å²) in [5.74, 6) is 1.40. The molecule has 1 atom stereocenters. The van der Waals surface area contributed by atoms with E-state index in [2.05, 4.69) is 15.9 Å². The molecular weight excluding hydrogens is 481 g/mol. The van der Waals surface area contributed by atoms with E-state index in [1.807, 2.05) is 18.2 Å². The number of benzene rings is 2. The van der Waals surface area contributed by atoms with Crippen molar-refractivity contribution in [1.29, 1.82) is 0 Å². The van der Waals surface area contributed by atoms with Crippen LogP contribution in [0, 0.1) is 6.92 Å². The van der Waals surface area contributed by atoms with Gasteiger partial charge in [-0.1, -0.05) is 29.3 Å². The lowest BCUT2D eigenvalue weighted by atomic mass is 10.2. The van der Waals surface area contributed by atoms with Gasteiger partial charge < -0.3 is 4.74 Å². The third-order valence-corrected chi connectivity index (χ3v) is 8.86. The first-order valence-electron chi connectivity index (χ1n) is 7.68. The van der Waals surface area contributed by atoms with Crippen molar-refractivity contribution in [1.82, 2.24) is 4.31 Å². The van der Waals surface area contributed by atoms with Crippen LogP contribution in [0.3, 0.4) is 0 Å². The zero-order valence-corrected chi connectivity index (χ0v) is 18.7. The van der Waals surface area contributed by atoms with Gasteiger partial charge in [-0.15, -0.1) is 11.8 Å². The average Bonchev–Trinajstić information content (AvgIpc) is 3.08. The molecule has 140 valence electrons. The molecule has 0 spiro atoms. The van der Waals surface area contributed by atoms with Gasteiger partial charge >= 0.3 is 0 Å². The van der Waals surface area contributed by atoms with Gasteiger partial charge in [0.15, 0.2) is 0 Å². The first-order valence-corrected chi connectivity index (χ1v) is 11.7. The van der Waals surface area contributed by atoms with Gasteiger partial charge in [0.05, 0.1) is 22.0 Å². The summed E-state index contributed by atoms with van der Waals surface area (Å²) in [6.07, 6.45) is 0. The Bertz CT molecular complexity index is 953. The highest BCUT2D eigenvalue weighted by Crippen LogP contribution is 2.44. The van der Waals surface area contributed by atoms with Crippen LogP contribution in [0.4, 0.5) is 0 Å². The van der Waals surface area contributed by atoms with Crippen LogP contribution < -0.4 is 4.74 Å². The number of thioether (sulfide) groups is 1. The second-order valence-electron chi connectivity index (χ2n) is 5.76. The van der Waals surface area contributed by atoms with E-state index >= 15 is 0 Å². The molecule has 1 aliphatic rings. The maximum Gasteiger partial charge on any atom is 0.245 e. The number of hydrogen-bond donors (Lipinski definition) is 0. The summed E-state index contributed by atoms with van der Waals surface area (Å²) in [5, 5.41) is 0.252. The molecule has 0 radical (unpaired) electrons. The van der Waals surface area contributed by atoms with Crippen LogP contribution in [0.25, 0.3) is 0 Å². The predicted octanol–water partition coefficient (Wildman–Crippen LogP) is 5.51. The number of hydrogen-bond acceptors (Lipinski definition) is 4. The minimum atomic E-state index is -3.76. The Labute approximate surface area is 176 Å². The van der Waals surface area contributed by atoms with Crippen LogP contribution >= 0.6 is 50.9 Å². The van der Waals surface area contributed by atoms with Gasteiger partial charge in [-0.3, -0.25) is 0 Å². The molecule has 4 nitrogen and oxygen atoms in total. The lowest BCUT2D eigenvalue weighted by Gasteiger charge is -2.24. The summed E-state index contributed by atoms with van der Waals surface area (Å²) in [5.41, 5.74) is 1.55. The lowest BCUT2D eigenvalue weighted by molar-refractivity contribution is 0.410. The first kappa shape index (κ1) is 20.3. The van der Waals surface area contributed by atoms with Crippen molar-refractivity contribution >= 4 is 60.9 Å². The minimum Gasteiger partial charge on any atom is -0.496 e. The van der Waals surface area contributed by atoms with Gasteiger partial charge in [-0.05, 0) is 58.2 Å². The zero-order valence-electron chi connectivity index (χ0n) is 14.0. The fourth-order valence-corrected chi connectivity index (χ4v) is 7.35.